The lowest BCUT2D eigenvalue weighted by atomic mass is 9.84. The molecule has 6 N–H and O–H groups in total. The number of amides is 2. The Bertz CT molecular complexity index is 424. The first-order valence-corrected chi connectivity index (χ1v) is 6.97. The summed E-state index contributed by atoms with van der Waals surface area (Å²) in [6.45, 7) is 0. The number of hydrogen-bond donors (Lipinski definition) is 4. The summed E-state index contributed by atoms with van der Waals surface area (Å²) in [5.74, 6) is -1.70. The van der Waals surface area contributed by atoms with E-state index in [0.717, 1.165) is 19.3 Å². The molecule has 0 aromatic rings. The second kappa shape index (κ2) is 5.78. The topological polar surface area (TPSA) is 136 Å². The maximum absolute atomic E-state index is 12.2. The van der Waals surface area contributed by atoms with E-state index < -0.39 is 17.9 Å². The SMILES string of the molecule is NC(=O)CC[C@@H](NC(=O)C1C2CCC(C2)C1N)C(=O)O. The number of rotatable bonds is 6. The van der Waals surface area contributed by atoms with Gasteiger partial charge in [0, 0.05) is 12.5 Å². The molecular weight excluding hydrogens is 262 g/mol. The number of hydrogen-bond acceptors (Lipinski definition) is 4. The van der Waals surface area contributed by atoms with Gasteiger partial charge in [-0.25, -0.2) is 4.79 Å². The first-order valence-electron chi connectivity index (χ1n) is 6.97. The molecule has 2 saturated carbocycles. The van der Waals surface area contributed by atoms with Gasteiger partial charge in [0.25, 0.3) is 0 Å². The molecule has 7 nitrogen and oxygen atoms in total. The summed E-state index contributed by atoms with van der Waals surface area (Å²) in [5, 5.41) is 11.6. The van der Waals surface area contributed by atoms with E-state index in [1.54, 1.807) is 0 Å². The molecule has 0 aromatic carbocycles. The zero-order valence-corrected chi connectivity index (χ0v) is 11.2. The van der Waals surface area contributed by atoms with Crippen LogP contribution < -0.4 is 16.8 Å². The molecule has 2 rings (SSSR count). The highest BCUT2D eigenvalue weighted by molar-refractivity contribution is 5.86. The first-order chi connectivity index (χ1) is 9.40. The van der Waals surface area contributed by atoms with Gasteiger partial charge in [-0.3, -0.25) is 9.59 Å². The Morgan fingerprint density at radius 1 is 1.25 bits per heavy atom. The maximum atomic E-state index is 12.2. The van der Waals surface area contributed by atoms with Crippen molar-refractivity contribution in [2.45, 2.75) is 44.2 Å². The average Bonchev–Trinajstić information content (AvgIpc) is 2.93. The molecule has 0 saturated heterocycles. The van der Waals surface area contributed by atoms with Gasteiger partial charge in [-0.1, -0.05) is 0 Å². The van der Waals surface area contributed by atoms with Gasteiger partial charge in [0.1, 0.15) is 6.04 Å². The Kier molecular flexibility index (Phi) is 4.27. The number of carboxylic acids is 1. The molecule has 0 heterocycles. The highest BCUT2D eigenvalue weighted by Crippen LogP contribution is 2.47. The summed E-state index contributed by atoms with van der Waals surface area (Å²) < 4.78 is 0. The van der Waals surface area contributed by atoms with Crippen molar-refractivity contribution in [1.29, 1.82) is 0 Å². The van der Waals surface area contributed by atoms with Gasteiger partial charge in [-0.15, -0.1) is 0 Å². The van der Waals surface area contributed by atoms with E-state index in [1.807, 2.05) is 0 Å². The lowest BCUT2D eigenvalue weighted by Crippen LogP contribution is -2.50. The Labute approximate surface area is 117 Å². The Hall–Kier alpha value is -1.63. The number of nitrogens with one attached hydrogen (secondary N) is 1. The molecule has 0 radical (unpaired) electrons. The van der Waals surface area contributed by atoms with Gasteiger partial charge >= 0.3 is 5.97 Å². The summed E-state index contributed by atoms with van der Waals surface area (Å²) in [4.78, 5) is 34.1. The van der Waals surface area contributed by atoms with E-state index in [4.69, 9.17) is 16.6 Å². The van der Waals surface area contributed by atoms with Crippen molar-refractivity contribution in [2.75, 3.05) is 0 Å². The van der Waals surface area contributed by atoms with Crippen molar-refractivity contribution in [3.63, 3.8) is 0 Å². The van der Waals surface area contributed by atoms with Crippen LogP contribution in [0.1, 0.15) is 32.1 Å². The molecule has 0 aromatic heterocycles. The molecule has 2 aliphatic rings. The van der Waals surface area contributed by atoms with Crippen LogP contribution in [0.2, 0.25) is 0 Å². The maximum Gasteiger partial charge on any atom is 0.326 e. The van der Waals surface area contributed by atoms with Crippen LogP contribution in [-0.2, 0) is 14.4 Å². The van der Waals surface area contributed by atoms with Crippen LogP contribution in [0.4, 0.5) is 0 Å². The molecule has 2 fully saturated rings. The Morgan fingerprint density at radius 2 is 1.90 bits per heavy atom. The van der Waals surface area contributed by atoms with E-state index >= 15 is 0 Å². The number of fused-ring (bicyclic) bond motifs is 2. The largest absolute Gasteiger partial charge is 0.480 e. The zero-order chi connectivity index (χ0) is 14.9. The summed E-state index contributed by atoms with van der Waals surface area (Å²) in [6, 6.07) is -1.26. The predicted molar refractivity (Wildman–Crippen MR) is 70.3 cm³/mol. The van der Waals surface area contributed by atoms with Crippen molar-refractivity contribution < 1.29 is 19.5 Å². The van der Waals surface area contributed by atoms with Crippen LogP contribution in [0.5, 0.6) is 0 Å². The average molecular weight is 283 g/mol. The van der Waals surface area contributed by atoms with Crippen LogP contribution in [-0.4, -0.2) is 35.0 Å². The highest BCUT2D eigenvalue weighted by atomic mass is 16.4. The quantitative estimate of drug-likeness (QED) is 0.505. The third-order valence-corrected chi connectivity index (χ3v) is 4.58. The Balaban J connectivity index is 1.94. The monoisotopic (exact) mass is 283 g/mol. The smallest absolute Gasteiger partial charge is 0.326 e. The number of carboxylic acid groups (broad SMARTS) is 1. The molecule has 112 valence electrons. The first kappa shape index (κ1) is 14.8. The molecule has 0 aliphatic heterocycles. The summed E-state index contributed by atoms with van der Waals surface area (Å²) >= 11 is 0. The summed E-state index contributed by atoms with van der Waals surface area (Å²) in [5.41, 5.74) is 11.1. The molecule has 7 heteroatoms. The van der Waals surface area contributed by atoms with Crippen molar-refractivity contribution in [3.8, 4) is 0 Å². The second-order valence-corrected chi connectivity index (χ2v) is 5.84. The predicted octanol–water partition coefficient (Wildman–Crippen LogP) is -0.805. The number of nitrogens with two attached hydrogens (primary N) is 2. The van der Waals surface area contributed by atoms with Crippen molar-refractivity contribution >= 4 is 17.8 Å². The molecule has 20 heavy (non-hydrogen) atoms. The minimum Gasteiger partial charge on any atom is -0.480 e. The van der Waals surface area contributed by atoms with Gasteiger partial charge in [0.05, 0.1) is 5.92 Å². The zero-order valence-electron chi connectivity index (χ0n) is 11.2. The van der Waals surface area contributed by atoms with Crippen LogP contribution in [0.3, 0.4) is 0 Å². The molecular formula is C13H21N3O4. The number of carbonyl (C=O) groups excluding carboxylic acids is 2. The van der Waals surface area contributed by atoms with Crippen LogP contribution in [0, 0.1) is 17.8 Å². The van der Waals surface area contributed by atoms with Crippen LogP contribution in [0.25, 0.3) is 0 Å². The summed E-state index contributed by atoms with van der Waals surface area (Å²) in [6.07, 6.45) is 2.93. The van der Waals surface area contributed by atoms with Crippen molar-refractivity contribution in [2.24, 2.45) is 29.2 Å². The molecule has 5 atom stereocenters. The lowest BCUT2D eigenvalue weighted by Gasteiger charge is -2.28. The van der Waals surface area contributed by atoms with Gasteiger partial charge in [-0.05, 0) is 37.5 Å². The fourth-order valence-electron chi connectivity index (χ4n) is 3.54. The second-order valence-electron chi connectivity index (χ2n) is 5.84. The fraction of sp³-hybridized carbons (Fsp3) is 0.769. The third-order valence-electron chi connectivity index (χ3n) is 4.58. The molecule has 4 unspecified atom stereocenters. The van der Waals surface area contributed by atoms with Gasteiger partial charge < -0.3 is 21.9 Å². The molecule has 2 amide bonds. The number of carbonyl (C=O) groups is 3. The normalized spacial score (nSPS) is 32.9. The van der Waals surface area contributed by atoms with E-state index in [9.17, 15) is 14.4 Å². The third kappa shape index (κ3) is 2.92. The van der Waals surface area contributed by atoms with Gasteiger partial charge in [0.15, 0.2) is 0 Å². The van der Waals surface area contributed by atoms with E-state index in [0.29, 0.717) is 5.92 Å². The van der Waals surface area contributed by atoms with E-state index in [-0.39, 0.29) is 36.6 Å². The van der Waals surface area contributed by atoms with Crippen molar-refractivity contribution in [3.05, 3.63) is 0 Å². The molecule has 2 aliphatic carbocycles. The lowest BCUT2D eigenvalue weighted by molar-refractivity contribution is -0.143. The van der Waals surface area contributed by atoms with Crippen molar-refractivity contribution in [1.82, 2.24) is 5.32 Å². The Morgan fingerprint density at radius 3 is 2.40 bits per heavy atom. The minimum atomic E-state index is -1.16. The van der Waals surface area contributed by atoms with Gasteiger partial charge in [-0.2, -0.15) is 0 Å². The standard InChI is InChI=1S/C13H21N3O4/c14-9(17)4-3-8(13(19)20)16-12(18)10-6-1-2-7(5-6)11(10)15/h6-8,10-11H,1-5,15H2,(H2,14,17)(H,16,18)(H,19,20)/t6?,7?,8-,10?,11?/m1/s1. The van der Waals surface area contributed by atoms with Crippen LogP contribution >= 0.6 is 0 Å². The van der Waals surface area contributed by atoms with Crippen LogP contribution in [0.15, 0.2) is 0 Å². The van der Waals surface area contributed by atoms with E-state index in [2.05, 4.69) is 5.32 Å². The van der Waals surface area contributed by atoms with Gasteiger partial charge in [0.2, 0.25) is 11.8 Å². The molecule has 2 bridgehead atoms. The van der Waals surface area contributed by atoms with E-state index in [1.165, 1.54) is 0 Å². The minimum absolute atomic E-state index is 0.00641. The molecule has 0 spiro atoms. The fourth-order valence-corrected chi connectivity index (χ4v) is 3.54. The number of aliphatic carboxylic acids is 1. The number of primary amides is 1. The highest BCUT2D eigenvalue weighted by Gasteiger charge is 2.49. The summed E-state index contributed by atoms with van der Waals surface area (Å²) in [7, 11) is 0.